The number of halogens is 1. The van der Waals surface area contributed by atoms with Crippen LogP contribution in [0.15, 0.2) is 23.1 Å². The zero-order chi connectivity index (χ0) is 18.1. The highest BCUT2D eigenvalue weighted by Crippen LogP contribution is 2.37. The van der Waals surface area contributed by atoms with E-state index in [0.717, 1.165) is 24.1 Å². The van der Waals surface area contributed by atoms with Crippen molar-refractivity contribution in [3.8, 4) is 0 Å². The summed E-state index contributed by atoms with van der Waals surface area (Å²) in [6.07, 6.45) is 3.05. The minimum atomic E-state index is -0.209. The van der Waals surface area contributed by atoms with Crippen LogP contribution in [0.1, 0.15) is 24.9 Å². The Bertz CT molecular complexity index is 857. The third-order valence-electron chi connectivity index (χ3n) is 4.45. The molecular formula is C17H18B2ClN3O2. The van der Waals surface area contributed by atoms with Crippen LogP contribution in [0.3, 0.4) is 0 Å². The molecule has 2 heterocycles. The Morgan fingerprint density at radius 3 is 2.84 bits per heavy atom. The molecule has 5 nitrogen and oxygen atoms in total. The second kappa shape index (κ2) is 7.26. The third kappa shape index (κ3) is 3.35. The largest absolute Gasteiger partial charge is 0.383 e. The molecule has 1 aromatic heterocycles. The minimum Gasteiger partial charge on any atom is -0.383 e. The second-order valence-electron chi connectivity index (χ2n) is 6.13. The summed E-state index contributed by atoms with van der Waals surface area (Å²) in [5.74, 6) is 0.278. The number of aromatic nitrogens is 2. The van der Waals surface area contributed by atoms with Gasteiger partial charge >= 0.3 is 0 Å². The van der Waals surface area contributed by atoms with Gasteiger partial charge in [0.1, 0.15) is 15.7 Å². The van der Waals surface area contributed by atoms with Crippen molar-refractivity contribution in [1.29, 1.82) is 0 Å². The van der Waals surface area contributed by atoms with Crippen LogP contribution < -0.4 is 21.5 Å². The fourth-order valence-electron chi connectivity index (χ4n) is 3.28. The van der Waals surface area contributed by atoms with Gasteiger partial charge in [-0.05, 0) is 24.5 Å². The molecule has 0 amide bonds. The van der Waals surface area contributed by atoms with E-state index in [9.17, 15) is 4.79 Å². The number of fused-ring (bicyclic) bond motifs is 1. The average Bonchev–Trinajstić information content (AvgIpc) is 2.98. The Kier molecular flexibility index (Phi) is 5.25. The van der Waals surface area contributed by atoms with Crippen molar-refractivity contribution in [3.63, 3.8) is 0 Å². The summed E-state index contributed by atoms with van der Waals surface area (Å²) in [6, 6.07) is 3.46. The van der Waals surface area contributed by atoms with Gasteiger partial charge in [0.15, 0.2) is 5.82 Å². The molecule has 1 aliphatic rings. The number of nitrogens with zero attached hydrogens (tertiary/aromatic N) is 3. The van der Waals surface area contributed by atoms with E-state index in [1.54, 1.807) is 23.9 Å². The molecule has 1 atom stereocenters. The molecule has 0 bridgehead atoms. The van der Waals surface area contributed by atoms with Crippen LogP contribution in [0.2, 0.25) is 5.02 Å². The highest BCUT2D eigenvalue weighted by molar-refractivity contribution is 6.38. The zero-order valence-corrected chi connectivity index (χ0v) is 15.1. The van der Waals surface area contributed by atoms with Crippen LogP contribution in [-0.2, 0) is 11.2 Å². The third-order valence-corrected chi connectivity index (χ3v) is 4.74. The van der Waals surface area contributed by atoms with Crippen LogP contribution in [0.4, 0.5) is 11.5 Å². The maximum atomic E-state index is 13.1. The Labute approximate surface area is 154 Å². The van der Waals surface area contributed by atoms with E-state index in [4.69, 9.17) is 32.0 Å². The quantitative estimate of drug-likeness (QED) is 0.746. The van der Waals surface area contributed by atoms with Gasteiger partial charge < -0.3 is 14.2 Å². The molecule has 1 aromatic carbocycles. The Morgan fingerprint density at radius 2 is 2.16 bits per heavy atom. The number of benzene rings is 1. The van der Waals surface area contributed by atoms with Crippen LogP contribution >= 0.6 is 11.6 Å². The molecular weight excluding hydrogens is 335 g/mol. The molecule has 4 radical (unpaired) electrons. The number of ether oxygens (including phenoxy) is 1. The summed E-state index contributed by atoms with van der Waals surface area (Å²) in [5, 5.41) is 0.506. The van der Waals surface area contributed by atoms with Crippen molar-refractivity contribution in [2.45, 2.75) is 25.8 Å². The number of hydrogen-bond donors (Lipinski definition) is 0. The van der Waals surface area contributed by atoms with E-state index in [-0.39, 0.29) is 23.0 Å². The van der Waals surface area contributed by atoms with Crippen molar-refractivity contribution in [2.75, 3.05) is 25.2 Å². The molecule has 126 valence electrons. The van der Waals surface area contributed by atoms with Crippen LogP contribution in [0, 0.1) is 0 Å². The summed E-state index contributed by atoms with van der Waals surface area (Å²) in [4.78, 5) is 19.2. The first-order valence-corrected chi connectivity index (χ1v) is 8.57. The topological polar surface area (TPSA) is 47.4 Å². The van der Waals surface area contributed by atoms with E-state index in [2.05, 4.69) is 4.98 Å². The van der Waals surface area contributed by atoms with Gasteiger partial charge in [-0.3, -0.25) is 4.79 Å². The number of methoxy groups -OCH3 is 1. The lowest BCUT2D eigenvalue weighted by atomic mass is 9.93. The first kappa shape index (κ1) is 18.1. The van der Waals surface area contributed by atoms with Gasteiger partial charge in [-0.2, -0.15) is 0 Å². The molecule has 0 saturated carbocycles. The van der Waals surface area contributed by atoms with Gasteiger partial charge in [0.2, 0.25) is 0 Å². The van der Waals surface area contributed by atoms with Crippen molar-refractivity contribution in [1.82, 2.24) is 9.55 Å². The lowest BCUT2D eigenvalue weighted by molar-refractivity contribution is 0.151. The average molecular weight is 353 g/mol. The van der Waals surface area contributed by atoms with E-state index < -0.39 is 0 Å². The normalized spacial score (nSPS) is 14.6. The van der Waals surface area contributed by atoms with E-state index >= 15 is 0 Å². The SMILES string of the molecule is [B]c1cc(Cl)c2c(c1)CCN2c1nc([B])cn([C@H](CC)COC)c1=O. The standard InChI is InChI=1S/C17H18B2ClN3O2/c1-3-12(9-25-2)23-8-14(19)21-16(17(23)24)22-5-4-10-6-11(18)7-13(20)15(10)22/h6-8,12H,3-5,9H2,1-2H3/t12-/m1/s1. The van der Waals surface area contributed by atoms with E-state index in [1.807, 2.05) is 17.9 Å². The Morgan fingerprint density at radius 1 is 1.40 bits per heavy atom. The summed E-state index contributed by atoms with van der Waals surface area (Å²) in [5.41, 5.74) is 2.46. The zero-order valence-electron chi connectivity index (χ0n) is 14.3. The van der Waals surface area contributed by atoms with Crippen LogP contribution in [-0.4, -0.2) is 45.5 Å². The van der Waals surface area contributed by atoms with Gasteiger partial charge in [-0.15, -0.1) is 0 Å². The molecule has 8 heteroatoms. The van der Waals surface area contributed by atoms with Crippen LogP contribution in [0.25, 0.3) is 0 Å². The Hall–Kier alpha value is -1.72. The number of anilines is 2. The molecule has 1 aliphatic heterocycles. The monoisotopic (exact) mass is 353 g/mol. The predicted molar refractivity (Wildman–Crippen MR) is 103 cm³/mol. The van der Waals surface area contributed by atoms with Gasteiger partial charge in [0, 0.05) is 25.4 Å². The number of rotatable bonds is 5. The predicted octanol–water partition coefficient (Wildman–Crippen LogP) is 0.776. The molecule has 0 aliphatic carbocycles. The first-order chi connectivity index (χ1) is 12.0. The lowest BCUT2D eigenvalue weighted by Crippen LogP contribution is -2.37. The van der Waals surface area contributed by atoms with Gasteiger partial charge in [0.25, 0.3) is 5.56 Å². The van der Waals surface area contributed by atoms with Crippen molar-refractivity contribution in [2.24, 2.45) is 0 Å². The lowest BCUT2D eigenvalue weighted by Gasteiger charge is -2.23. The molecule has 0 spiro atoms. The molecule has 3 rings (SSSR count). The fourth-order valence-corrected chi connectivity index (χ4v) is 3.63. The molecule has 25 heavy (non-hydrogen) atoms. The van der Waals surface area contributed by atoms with E-state index in [1.165, 1.54) is 0 Å². The maximum Gasteiger partial charge on any atom is 0.294 e. The first-order valence-electron chi connectivity index (χ1n) is 8.19. The van der Waals surface area contributed by atoms with Crippen molar-refractivity contribution in [3.05, 3.63) is 39.3 Å². The van der Waals surface area contributed by atoms with Crippen molar-refractivity contribution >= 4 is 49.9 Å². The second-order valence-corrected chi connectivity index (χ2v) is 6.54. The highest BCUT2D eigenvalue weighted by atomic mass is 35.5. The fraction of sp³-hybridized carbons (Fsp3) is 0.412. The molecule has 0 fully saturated rings. The molecule has 0 N–H and O–H groups in total. The molecule has 0 unspecified atom stereocenters. The summed E-state index contributed by atoms with van der Waals surface area (Å²) >= 11 is 6.38. The molecule has 2 aromatic rings. The minimum absolute atomic E-state index is 0.106. The Balaban J connectivity index is 2.12. The van der Waals surface area contributed by atoms with Crippen LogP contribution in [0.5, 0.6) is 0 Å². The van der Waals surface area contributed by atoms with Gasteiger partial charge in [-0.25, -0.2) is 4.98 Å². The summed E-state index contributed by atoms with van der Waals surface area (Å²) in [7, 11) is 13.5. The van der Waals surface area contributed by atoms with Crippen molar-refractivity contribution < 1.29 is 4.74 Å². The maximum absolute atomic E-state index is 13.1. The highest BCUT2D eigenvalue weighted by Gasteiger charge is 2.28. The van der Waals surface area contributed by atoms with Gasteiger partial charge in [0.05, 0.1) is 23.4 Å². The van der Waals surface area contributed by atoms with Gasteiger partial charge in [-0.1, -0.05) is 30.1 Å². The smallest absolute Gasteiger partial charge is 0.294 e. The molecule has 0 saturated heterocycles. The number of hydrogen-bond acceptors (Lipinski definition) is 4. The summed E-state index contributed by atoms with van der Waals surface area (Å²) < 4.78 is 6.83. The van der Waals surface area contributed by atoms with E-state index in [0.29, 0.717) is 23.6 Å². The summed E-state index contributed by atoms with van der Waals surface area (Å²) in [6.45, 7) is 3.02.